The number of nitrogens with zero attached hydrogens (tertiary/aromatic N) is 1. The Bertz CT molecular complexity index is 399. The van der Waals surface area contributed by atoms with Crippen molar-refractivity contribution >= 4 is 17.7 Å². The molecule has 0 fully saturated rings. The van der Waals surface area contributed by atoms with Crippen LogP contribution in [0.15, 0.2) is 18.3 Å². The second-order valence-electron chi connectivity index (χ2n) is 5.27. The first-order valence-electron chi connectivity index (χ1n) is 6.19. The maximum atomic E-state index is 11.6. The summed E-state index contributed by atoms with van der Waals surface area (Å²) in [6.07, 6.45) is 2.58. The standard InChI is InChI=1S/C14H22N2OS/c1-11-6-5-8-15-12(11)7-9-16-13(17)10-18-14(2,3)4/h5-6,8H,7,9-10H2,1-4H3,(H,16,17). The van der Waals surface area contributed by atoms with Crippen molar-refractivity contribution in [1.29, 1.82) is 0 Å². The largest absolute Gasteiger partial charge is 0.355 e. The molecule has 4 heteroatoms. The van der Waals surface area contributed by atoms with E-state index >= 15 is 0 Å². The zero-order valence-electron chi connectivity index (χ0n) is 11.6. The minimum Gasteiger partial charge on any atom is -0.355 e. The summed E-state index contributed by atoms with van der Waals surface area (Å²) in [6.45, 7) is 9.04. The van der Waals surface area contributed by atoms with Crippen LogP contribution in [0.1, 0.15) is 32.0 Å². The number of thioether (sulfide) groups is 1. The summed E-state index contributed by atoms with van der Waals surface area (Å²) in [7, 11) is 0. The van der Waals surface area contributed by atoms with E-state index in [9.17, 15) is 4.79 Å². The van der Waals surface area contributed by atoms with Crippen molar-refractivity contribution in [2.75, 3.05) is 12.3 Å². The van der Waals surface area contributed by atoms with Gasteiger partial charge >= 0.3 is 0 Å². The predicted octanol–water partition coefficient (Wildman–Crippen LogP) is 2.58. The Labute approximate surface area is 114 Å². The summed E-state index contributed by atoms with van der Waals surface area (Å²) < 4.78 is 0.134. The van der Waals surface area contributed by atoms with Gasteiger partial charge < -0.3 is 5.32 Å². The molecule has 0 aliphatic heterocycles. The van der Waals surface area contributed by atoms with E-state index in [4.69, 9.17) is 0 Å². The van der Waals surface area contributed by atoms with E-state index in [1.807, 2.05) is 19.1 Å². The van der Waals surface area contributed by atoms with Crippen molar-refractivity contribution in [2.24, 2.45) is 0 Å². The molecule has 0 saturated carbocycles. The Morgan fingerprint density at radius 3 is 2.78 bits per heavy atom. The van der Waals surface area contributed by atoms with Gasteiger partial charge in [-0.15, -0.1) is 11.8 Å². The highest BCUT2D eigenvalue weighted by Crippen LogP contribution is 2.22. The highest BCUT2D eigenvalue weighted by molar-refractivity contribution is 8.01. The fourth-order valence-corrected chi connectivity index (χ4v) is 2.10. The Morgan fingerprint density at radius 1 is 1.44 bits per heavy atom. The van der Waals surface area contributed by atoms with Gasteiger partial charge in [0.1, 0.15) is 0 Å². The van der Waals surface area contributed by atoms with Crippen LogP contribution in [0.5, 0.6) is 0 Å². The molecule has 1 amide bonds. The molecular weight excluding hydrogens is 244 g/mol. The molecule has 0 unspecified atom stereocenters. The lowest BCUT2D eigenvalue weighted by molar-refractivity contribution is -0.118. The van der Waals surface area contributed by atoms with Crippen molar-refractivity contribution in [3.8, 4) is 0 Å². The summed E-state index contributed by atoms with van der Waals surface area (Å²) in [6, 6.07) is 3.97. The summed E-state index contributed by atoms with van der Waals surface area (Å²) >= 11 is 1.66. The monoisotopic (exact) mass is 266 g/mol. The van der Waals surface area contributed by atoms with Crippen molar-refractivity contribution in [3.63, 3.8) is 0 Å². The van der Waals surface area contributed by atoms with E-state index < -0.39 is 0 Å². The number of carbonyl (C=O) groups excluding carboxylic acids is 1. The third-order valence-corrected chi connectivity index (χ3v) is 3.71. The Kier molecular flexibility index (Phi) is 5.66. The van der Waals surface area contributed by atoms with Gasteiger partial charge in [0.05, 0.1) is 5.75 Å². The Balaban J connectivity index is 2.26. The van der Waals surface area contributed by atoms with Gasteiger partial charge in [0.25, 0.3) is 0 Å². The second-order valence-corrected chi connectivity index (χ2v) is 7.07. The predicted molar refractivity (Wildman–Crippen MR) is 77.9 cm³/mol. The van der Waals surface area contributed by atoms with Crippen LogP contribution >= 0.6 is 11.8 Å². The van der Waals surface area contributed by atoms with Crippen LogP contribution in [0.25, 0.3) is 0 Å². The average molecular weight is 266 g/mol. The molecular formula is C14H22N2OS. The summed E-state index contributed by atoms with van der Waals surface area (Å²) in [5, 5.41) is 2.93. The first-order chi connectivity index (χ1) is 8.38. The first kappa shape index (κ1) is 15.0. The number of rotatable bonds is 5. The molecule has 100 valence electrons. The molecule has 0 aliphatic rings. The van der Waals surface area contributed by atoms with Gasteiger partial charge in [-0.25, -0.2) is 0 Å². The van der Waals surface area contributed by atoms with Gasteiger partial charge in [0, 0.05) is 29.6 Å². The van der Waals surface area contributed by atoms with Crippen molar-refractivity contribution in [3.05, 3.63) is 29.6 Å². The Morgan fingerprint density at radius 2 is 2.17 bits per heavy atom. The SMILES string of the molecule is Cc1cccnc1CCNC(=O)CSC(C)(C)C. The number of hydrogen-bond donors (Lipinski definition) is 1. The number of aryl methyl sites for hydroxylation is 1. The first-order valence-corrected chi connectivity index (χ1v) is 7.18. The average Bonchev–Trinajstić information content (AvgIpc) is 2.28. The zero-order valence-corrected chi connectivity index (χ0v) is 12.4. The number of nitrogens with one attached hydrogen (secondary N) is 1. The molecule has 1 aromatic heterocycles. The molecule has 0 atom stereocenters. The Hall–Kier alpha value is -1.03. The molecule has 0 saturated heterocycles. The zero-order chi connectivity index (χ0) is 13.6. The minimum absolute atomic E-state index is 0.100. The molecule has 0 aliphatic carbocycles. The molecule has 18 heavy (non-hydrogen) atoms. The molecule has 0 spiro atoms. The van der Waals surface area contributed by atoms with E-state index in [0.29, 0.717) is 12.3 Å². The van der Waals surface area contributed by atoms with E-state index in [-0.39, 0.29) is 10.7 Å². The van der Waals surface area contributed by atoms with Gasteiger partial charge in [-0.1, -0.05) is 26.8 Å². The fourth-order valence-electron chi connectivity index (χ4n) is 1.43. The fraction of sp³-hybridized carbons (Fsp3) is 0.571. The topological polar surface area (TPSA) is 42.0 Å². The number of pyridine rings is 1. The van der Waals surface area contributed by atoms with E-state index in [1.54, 1.807) is 18.0 Å². The van der Waals surface area contributed by atoms with Crippen LogP contribution in [0.4, 0.5) is 0 Å². The van der Waals surface area contributed by atoms with Crippen LogP contribution in [0, 0.1) is 6.92 Å². The van der Waals surface area contributed by atoms with Gasteiger partial charge in [0.2, 0.25) is 5.91 Å². The highest BCUT2D eigenvalue weighted by atomic mass is 32.2. The maximum Gasteiger partial charge on any atom is 0.230 e. The number of amides is 1. The summed E-state index contributed by atoms with van der Waals surface area (Å²) in [5.74, 6) is 0.619. The molecule has 1 aromatic rings. The van der Waals surface area contributed by atoms with E-state index in [2.05, 4.69) is 31.1 Å². The summed E-state index contributed by atoms with van der Waals surface area (Å²) in [5.41, 5.74) is 2.23. The molecule has 1 N–H and O–H groups in total. The number of carbonyl (C=O) groups is 1. The van der Waals surface area contributed by atoms with Crippen molar-refractivity contribution < 1.29 is 4.79 Å². The molecule has 1 heterocycles. The molecule has 0 aromatic carbocycles. The van der Waals surface area contributed by atoms with E-state index in [1.165, 1.54) is 5.56 Å². The minimum atomic E-state index is 0.100. The molecule has 3 nitrogen and oxygen atoms in total. The van der Waals surface area contributed by atoms with Crippen LogP contribution < -0.4 is 5.32 Å². The van der Waals surface area contributed by atoms with Crippen LogP contribution in [0.3, 0.4) is 0 Å². The quantitative estimate of drug-likeness (QED) is 0.890. The van der Waals surface area contributed by atoms with Gasteiger partial charge in [-0.05, 0) is 18.6 Å². The van der Waals surface area contributed by atoms with Crippen molar-refractivity contribution in [1.82, 2.24) is 10.3 Å². The molecule has 1 rings (SSSR count). The molecule has 0 radical (unpaired) electrons. The second kappa shape index (κ2) is 6.78. The lowest BCUT2D eigenvalue weighted by Gasteiger charge is -2.17. The maximum absolute atomic E-state index is 11.6. The molecule has 0 bridgehead atoms. The van der Waals surface area contributed by atoms with Crippen LogP contribution in [0.2, 0.25) is 0 Å². The smallest absolute Gasteiger partial charge is 0.230 e. The highest BCUT2D eigenvalue weighted by Gasteiger charge is 2.13. The van der Waals surface area contributed by atoms with Gasteiger partial charge in [-0.3, -0.25) is 9.78 Å². The van der Waals surface area contributed by atoms with E-state index in [0.717, 1.165) is 12.1 Å². The lowest BCUT2D eigenvalue weighted by atomic mass is 10.2. The van der Waals surface area contributed by atoms with Crippen molar-refractivity contribution in [2.45, 2.75) is 38.9 Å². The third-order valence-electron chi connectivity index (χ3n) is 2.44. The summed E-state index contributed by atoms with van der Waals surface area (Å²) in [4.78, 5) is 15.9. The number of hydrogen-bond acceptors (Lipinski definition) is 3. The van der Waals surface area contributed by atoms with Gasteiger partial charge in [-0.2, -0.15) is 0 Å². The third kappa shape index (κ3) is 6.05. The van der Waals surface area contributed by atoms with Gasteiger partial charge in [0.15, 0.2) is 0 Å². The number of aromatic nitrogens is 1. The van der Waals surface area contributed by atoms with Crippen LogP contribution in [-0.2, 0) is 11.2 Å². The normalized spacial score (nSPS) is 11.3. The lowest BCUT2D eigenvalue weighted by Crippen LogP contribution is -2.29. The van der Waals surface area contributed by atoms with Crippen LogP contribution in [-0.4, -0.2) is 27.9 Å².